The SMILES string of the molecule is CCOc1cc2c(cc1OC)C(c1ccc3ncsc3c1)=NC1CCC(O)CC21.COc1cc2c(cc1OC)C1CC(O)CCC1N=C2c1ccc2ncccc2c1. The van der Waals surface area contributed by atoms with Crippen LogP contribution in [-0.4, -0.2) is 83.8 Å². The van der Waals surface area contributed by atoms with Gasteiger partial charge in [-0.05, 0) is 111 Å². The van der Waals surface area contributed by atoms with Gasteiger partial charge in [0.25, 0.3) is 0 Å². The maximum atomic E-state index is 10.3. The second-order valence-electron chi connectivity index (χ2n) is 15.5. The number of pyridine rings is 1. The Labute approximate surface area is 342 Å². The molecule has 6 atom stereocenters. The Hall–Kier alpha value is -5.36. The van der Waals surface area contributed by atoms with Crippen molar-refractivity contribution < 1.29 is 29.2 Å². The van der Waals surface area contributed by atoms with Gasteiger partial charge in [0.15, 0.2) is 23.0 Å². The van der Waals surface area contributed by atoms with Gasteiger partial charge in [0.05, 0.1) is 84.9 Å². The number of aliphatic imine (C=N–C) groups is 2. The Morgan fingerprint density at radius 2 is 1.21 bits per heavy atom. The van der Waals surface area contributed by atoms with E-state index in [1.807, 2.05) is 42.9 Å². The predicted molar refractivity (Wildman–Crippen MR) is 229 cm³/mol. The standard InChI is InChI=1S/C24H24N2O3.C23H24N2O3S/c1-28-22-12-17-18-11-16(27)6-8-21(18)26-24(19(17)13-23(22)29-2)15-5-7-20-14(10-15)4-3-9-25-20;1-3-28-21-10-15-16-9-14(26)5-7-18(16)25-23(17(15)11-20(21)27-2)13-4-6-19-22(8-13)29-12-24-19/h3-5,7,9-10,12-13,16,18,21,27H,6,8,11H2,1-2H3;4,6,8,10-12,14,16,18,26H,3,5,7,9H2,1-2H3. The van der Waals surface area contributed by atoms with Gasteiger partial charge in [-0.3, -0.25) is 15.0 Å². The van der Waals surface area contributed by atoms with Gasteiger partial charge in [0, 0.05) is 45.7 Å². The smallest absolute Gasteiger partial charge is 0.161 e. The number of nitrogens with zero attached hydrogens (tertiary/aromatic N) is 4. The first-order chi connectivity index (χ1) is 28.3. The van der Waals surface area contributed by atoms with Crippen molar-refractivity contribution in [1.29, 1.82) is 0 Å². The molecule has 2 aliphatic heterocycles. The van der Waals surface area contributed by atoms with Crippen LogP contribution in [0.5, 0.6) is 23.0 Å². The maximum absolute atomic E-state index is 10.3. The molecule has 2 aromatic heterocycles. The van der Waals surface area contributed by atoms with E-state index in [-0.39, 0.29) is 36.1 Å². The van der Waals surface area contributed by atoms with Crippen molar-refractivity contribution in [2.24, 2.45) is 9.98 Å². The Balaban J connectivity index is 0.000000150. The molecule has 6 unspecified atom stereocenters. The lowest BCUT2D eigenvalue weighted by molar-refractivity contribution is 0.110. The van der Waals surface area contributed by atoms with E-state index >= 15 is 0 Å². The summed E-state index contributed by atoms with van der Waals surface area (Å²) in [6.45, 7) is 2.55. The maximum Gasteiger partial charge on any atom is 0.161 e. The van der Waals surface area contributed by atoms with Crippen LogP contribution in [0.25, 0.3) is 21.1 Å². The summed E-state index contributed by atoms with van der Waals surface area (Å²) in [4.78, 5) is 19.2. The summed E-state index contributed by atoms with van der Waals surface area (Å²) < 4.78 is 23.8. The first-order valence-corrected chi connectivity index (χ1v) is 21.1. The van der Waals surface area contributed by atoms with Crippen LogP contribution in [0.1, 0.15) is 90.7 Å². The molecule has 4 heterocycles. The molecule has 2 aliphatic carbocycles. The summed E-state index contributed by atoms with van der Waals surface area (Å²) in [6, 6.07) is 25.3. The Bertz CT molecular complexity index is 2550. The van der Waals surface area contributed by atoms with Crippen molar-refractivity contribution in [3.05, 3.63) is 118 Å². The van der Waals surface area contributed by atoms with E-state index in [0.29, 0.717) is 23.9 Å². The molecule has 0 bridgehead atoms. The first-order valence-electron chi connectivity index (χ1n) is 20.2. The monoisotopic (exact) mass is 796 g/mol. The van der Waals surface area contributed by atoms with Crippen LogP contribution in [0.2, 0.25) is 0 Å². The number of fused-ring (bicyclic) bond motifs is 8. The zero-order chi connectivity index (χ0) is 39.9. The van der Waals surface area contributed by atoms with Gasteiger partial charge >= 0.3 is 0 Å². The van der Waals surface area contributed by atoms with Crippen molar-refractivity contribution in [3.8, 4) is 23.0 Å². The number of aliphatic hydroxyl groups excluding tert-OH is 2. The van der Waals surface area contributed by atoms with Crippen molar-refractivity contribution >= 4 is 43.9 Å². The number of hydrogen-bond acceptors (Lipinski definition) is 11. The van der Waals surface area contributed by atoms with Gasteiger partial charge < -0.3 is 29.2 Å². The van der Waals surface area contributed by atoms with E-state index in [4.69, 9.17) is 28.9 Å². The minimum atomic E-state index is -0.277. The molecule has 0 saturated heterocycles. The Morgan fingerprint density at radius 3 is 1.83 bits per heavy atom. The van der Waals surface area contributed by atoms with Crippen LogP contribution in [0.15, 0.2) is 94.5 Å². The van der Waals surface area contributed by atoms with Crippen molar-refractivity contribution in [2.45, 2.75) is 81.6 Å². The molecule has 2 saturated carbocycles. The molecular weight excluding hydrogens is 749 g/mol. The molecule has 4 aliphatic rings. The van der Waals surface area contributed by atoms with Crippen molar-refractivity contribution in [2.75, 3.05) is 27.9 Å². The second kappa shape index (κ2) is 16.1. The number of benzene rings is 4. The number of rotatable bonds is 7. The highest BCUT2D eigenvalue weighted by atomic mass is 32.1. The molecule has 10 nitrogen and oxygen atoms in total. The number of aromatic nitrogens is 2. The molecule has 0 radical (unpaired) electrons. The molecule has 0 amide bonds. The summed E-state index contributed by atoms with van der Waals surface area (Å²) in [5.41, 5.74) is 12.5. The normalized spacial score (nSPS) is 23.2. The number of ether oxygens (including phenoxy) is 4. The largest absolute Gasteiger partial charge is 0.493 e. The minimum absolute atomic E-state index is 0.170. The van der Waals surface area contributed by atoms with E-state index < -0.39 is 0 Å². The lowest BCUT2D eigenvalue weighted by atomic mass is 9.74. The van der Waals surface area contributed by atoms with Gasteiger partial charge in [-0.15, -0.1) is 11.3 Å². The van der Waals surface area contributed by atoms with Crippen LogP contribution in [0.4, 0.5) is 0 Å². The van der Waals surface area contributed by atoms with Gasteiger partial charge in [0.1, 0.15) is 0 Å². The number of hydrogen-bond donors (Lipinski definition) is 2. The Morgan fingerprint density at radius 1 is 0.638 bits per heavy atom. The summed E-state index contributed by atoms with van der Waals surface area (Å²) in [5, 5.41) is 21.7. The fourth-order valence-corrected chi connectivity index (χ4v) is 10.0. The first kappa shape index (κ1) is 38.2. The second-order valence-corrected chi connectivity index (χ2v) is 16.4. The van der Waals surface area contributed by atoms with Crippen LogP contribution in [0, 0.1) is 0 Å². The number of thiazole rings is 1. The van der Waals surface area contributed by atoms with Gasteiger partial charge in [-0.25, -0.2) is 4.98 Å². The zero-order valence-electron chi connectivity index (χ0n) is 33.2. The molecule has 298 valence electrons. The lowest BCUT2D eigenvalue weighted by Crippen LogP contribution is -2.34. The summed E-state index contributed by atoms with van der Waals surface area (Å²) in [6.07, 6.45) is 6.10. The molecule has 2 fully saturated rings. The molecule has 2 N–H and O–H groups in total. The van der Waals surface area contributed by atoms with Crippen molar-refractivity contribution in [1.82, 2.24) is 9.97 Å². The van der Waals surface area contributed by atoms with Gasteiger partial charge in [-0.1, -0.05) is 18.2 Å². The molecule has 58 heavy (non-hydrogen) atoms. The van der Waals surface area contributed by atoms with E-state index in [1.165, 1.54) is 11.1 Å². The average molecular weight is 797 g/mol. The quantitative estimate of drug-likeness (QED) is 0.164. The lowest BCUT2D eigenvalue weighted by Gasteiger charge is -2.37. The topological polar surface area (TPSA) is 128 Å². The van der Waals surface area contributed by atoms with Crippen LogP contribution in [-0.2, 0) is 0 Å². The van der Waals surface area contributed by atoms with Crippen LogP contribution >= 0.6 is 11.3 Å². The van der Waals surface area contributed by atoms with E-state index in [1.54, 1.807) is 32.7 Å². The molecule has 0 spiro atoms. The molecule has 6 aromatic rings. The van der Waals surface area contributed by atoms with Crippen LogP contribution in [0.3, 0.4) is 0 Å². The molecular formula is C47H48N4O6S. The number of aliphatic hydroxyl groups is 2. The predicted octanol–water partition coefficient (Wildman–Crippen LogP) is 8.65. The third kappa shape index (κ3) is 7.09. The summed E-state index contributed by atoms with van der Waals surface area (Å²) in [7, 11) is 4.98. The third-order valence-electron chi connectivity index (χ3n) is 12.1. The highest BCUT2D eigenvalue weighted by molar-refractivity contribution is 7.16. The Kier molecular flexibility index (Phi) is 10.6. The zero-order valence-corrected chi connectivity index (χ0v) is 34.0. The fraction of sp³-hybridized carbons (Fsp3) is 0.362. The van der Waals surface area contributed by atoms with Crippen LogP contribution < -0.4 is 18.9 Å². The molecule has 11 heteroatoms. The average Bonchev–Trinajstić information content (AvgIpc) is 3.74. The van der Waals surface area contributed by atoms with E-state index in [9.17, 15) is 10.2 Å². The van der Waals surface area contributed by atoms with Gasteiger partial charge in [-0.2, -0.15) is 0 Å². The molecule has 10 rings (SSSR count). The van der Waals surface area contributed by atoms with Crippen molar-refractivity contribution in [3.63, 3.8) is 0 Å². The van der Waals surface area contributed by atoms with E-state index in [2.05, 4.69) is 58.5 Å². The van der Waals surface area contributed by atoms with E-state index in [0.717, 1.165) is 99.1 Å². The summed E-state index contributed by atoms with van der Waals surface area (Å²) in [5.74, 6) is 3.28. The number of methoxy groups -OCH3 is 3. The minimum Gasteiger partial charge on any atom is -0.493 e. The van der Waals surface area contributed by atoms with Gasteiger partial charge in [0.2, 0.25) is 0 Å². The molecule has 4 aromatic carbocycles. The third-order valence-corrected chi connectivity index (χ3v) is 12.9. The highest BCUT2D eigenvalue weighted by Gasteiger charge is 2.39. The highest BCUT2D eigenvalue weighted by Crippen LogP contribution is 2.47. The fourth-order valence-electron chi connectivity index (χ4n) is 9.32. The summed E-state index contributed by atoms with van der Waals surface area (Å²) >= 11 is 1.64.